The van der Waals surface area contributed by atoms with Crippen molar-refractivity contribution in [2.24, 2.45) is 0 Å². The first-order valence-corrected chi connectivity index (χ1v) is 14.9. The molecular weight excluding hydrogens is 532 g/mol. The van der Waals surface area contributed by atoms with Crippen LogP contribution in [0.3, 0.4) is 0 Å². The van der Waals surface area contributed by atoms with Crippen molar-refractivity contribution in [1.82, 2.24) is 20.4 Å². The smallest absolute Gasteiger partial charge is 0.259 e. The fourth-order valence-electron chi connectivity index (χ4n) is 6.95. The topological polar surface area (TPSA) is 126 Å². The number of piperidine rings is 2. The molecule has 3 heterocycles. The Labute approximate surface area is 245 Å². The average molecular weight is 571 g/mol. The van der Waals surface area contributed by atoms with Crippen molar-refractivity contribution in [3.63, 3.8) is 0 Å². The van der Waals surface area contributed by atoms with Crippen LogP contribution >= 0.6 is 0 Å². The molecule has 2 aromatic carbocycles. The molecule has 42 heavy (non-hydrogen) atoms. The minimum atomic E-state index is -0.721. The number of carbonyl (C=O) groups excluding carboxylic acids is 4. The second-order valence-corrected chi connectivity index (χ2v) is 12.2. The Kier molecular flexibility index (Phi) is 7.34. The van der Waals surface area contributed by atoms with Crippen LogP contribution in [-0.2, 0) is 20.8 Å². The van der Waals surface area contributed by atoms with E-state index in [4.69, 9.17) is 5.41 Å². The molecule has 4 amide bonds. The van der Waals surface area contributed by atoms with Crippen LogP contribution in [0.4, 0.5) is 5.69 Å². The van der Waals surface area contributed by atoms with Gasteiger partial charge in [-0.2, -0.15) is 0 Å². The predicted molar refractivity (Wildman–Crippen MR) is 161 cm³/mol. The number of amides is 4. The Bertz CT molecular complexity index is 1500. The number of allylic oxidation sites excluding steroid dienone is 1. The van der Waals surface area contributed by atoms with Crippen LogP contribution in [0.15, 0.2) is 42.1 Å². The first kappa shape index (κ1) is 28.1. The van der Waals surface area contributed by atoms with E-state index in [1.807, 2.05) is 49.5 Å². The number of hydrogen-bond acceptors (Lipinski definition) is 7. The molecule has 3 aliphatic heterocycles. The van der Waals surface area contributed by atoms with Crippen molar-refractivity contribution >= 4 is 46.3 Å². The second-order valence-electron chi connectivity index (χ2n) is 12.2. The zero-order valence-electron chi connectivity index (χ0n) is 24.2. The summed E-state index contributed by atoms with van der Waals surface area (Å²) in [6, 6.07) is 8.95. The third kappa shape index (κ3) is 4.67. The Morgan fingerprint density at radius 1 is 1.12 bits per heavy atom. The number of anilines is 1. The number of carbonyl (C=O) groups is 4. The lowest BCUT2D eigenvalue weighted by Gasteiger charge is -2.49. The maximum atomic E-state index is 13.4. The van der Waals surface area contributed by atoms with Crippen LogP contribution in [0, 0.1) is 5.41 Å². The van der Waals surface area contributed by atoms with E-state index in [0.29, 0.717) is 24.1 Å². The fraction of sp³-hybridized carbons (Fsp3) is 0.469. The number of nitrogens with zero attached hydrogens (tertiary/aromatic N) is 3. The summed E-state index contributed by atoms with van der Waals surface area (Å²) < 4.78 is 0. The maximum absolute atomic E-state index is 13.4. The first-order valence-electron chi connectivity index (χ1n) is 14.9. The summed E-state index contributed by atoms with van der Waals surface area (Å²) in [5.41, 5.74) is 2.70. The number of hydrogen-bond donors (Lipinski definition) is 3. The van der Waals surface area contributed by atoms with Gasteiger partial charge in [0.05, 0.1) is 5.69 Å². The van der Waals surface area contributed by atoms with E-state index in [-0.39, 0.29) is 35.7 Å². The molecule has 0 radical (unpaired) electrons. The van der Waals surface area contributed by atoms with Gasteiger partial charge in [-0.15, -0.1) is 0 Å². The molecule has 3 fully saturated rings. The van der Waals surface area contributed by atoms with Gasteiger partial charge in [-0.3, -0.25) is 34.3 Å². The van der Waals surface area contributed by atoms with E-state index in [1.165, 1.54) is 11.1 Å². The zero-order chi connectivity index (χ0) is 29.6. The van der Waals surface area contributed by atoms with Crippen molar-refractivity contribution < 1.29 is 19.2 Å². The minimum Gasteiger partial charge on any atom is -0.388 e. The van der Waals surface area contributed by atoms with Crippen LogP contribution in [0.2, 0.25) is 0 Å². The first-order chi connectivity index (χ1) is 20.2. The molecule has 2 saturated heterocycles. The van der Waals surface area contributed by atoms with Crippen LogP contribution in [-0.4, -0.2) is 84.5 Å². The molecule has 220 valence electrons. The Morgan fingerprint density at radius 3 is 2.52 bits per heavy atom. The quantitative estimate of drug-likeness (QED) is 0.331. The SMILES string of the molecule is CN(C)C1(C(=O)N2CCC(N/C=C(\C=N)Cc3ccc4c5c(cccc35)C(=O)N4C3CCC(=O)NC3=O)CC2)CCC1. The van der Waals surface area contributed by atoms with Gasteiger partial charge < -0.3 is 15.6 Å². The van der Waals surface area contributed by atoms with Crippen LogP contribution in [0.1, 0.15) is 60.9 Å². The lowest BCUT2D eigenvalue weighted by Crippen LogP contribution is -2.62. The zero-order valence-corrected chi connectivity index (χ0v) is 24.2. The summed E-state index contributed by atoms with van der Waals surface area (Å²) in [7, 11) is 4.01. The van der Waals surface area contributed by atoms with Gasteiger partial charge in [0.1, 0.15) is 11.6 Å². The Balaban J connectivity index is 1.15. The maximum Gasteiger partial charge on any atom is 0.259 e. The third-order valence-electron chi connectivity index (χ3n) is 9.64. The molecule has 0 spiro atoms. The van der Waals surface area contributed by atoms with Crippen LogP contribution in [0.25, 0.3) is 10.8 Å². The number of likely N-dealkylation sites (N-methyl/N-ethyl adjacent to an activating group) is 1. The van der Waals surface area contributed by atoms with E-state index in [0.717, 1.165) is 67.1 Å². The average Bonchev–Trinajstić information content (AvgIpc) is 3.24. The van der Waals surface area contributed by atoms with E-state index >= 15 is 0 Å². The molecule has 0 aromatic heterocycles. The monoisotopic (exact) mass is 570 g/mol. The highest BCUT2D eigenvalue weighted by Gasteiger charge is 2.48. The summed E-state index contributed by atoms with van der Waals surface area (Å²) in [6.45, 7) is 1.46. The summed E-state index contributed by atoms with van der Waals surface area (Å²) in [4.78, 5) is 56.6. The lowest BCUT2D eigenvalue weighted by molar-refractivity contribution is -0.150. The van der Waals surface area contributed by atoms with E-state index in [9.17, 15) is 19.2 Å². The van der Waals surface area contributed by atoms with Crippen molar-refractivity contribution in [2.45, 2.75) is 69.0 Å². The molecular formula is C32H38N6O4. The number of likely N-dealkylation sites (tertiary alicyclic amines) is 1. The van der Waals surface area contributed by atoms with Crippen molar-refractivity contribution in [1.29, 1.82) is 5.41 Å². The normalized spacial score (nSPS) is 22.4. The molecule has 1 saturated carbocycles. The Morgan fingerprint density at radius 2 is 1.88 bits per heavy atom. The lowest BCUT2D eigenvalue weighted by atomic mass is 9.74. The standard InChI is InChI=1S/C32H38N6O4/c1-36(2)32(13-4-14-32)31(42)37-15-11-22(12-16-37)34-19-20(18-33)17-21-7-8-25-28-23(21)5-3-6-24(28)30(41)38(25)26-9-10-27(39)35-29(26)40/h3,5-8,18-19,22,26,33-34H,4,9-17H2,1-2H3,(H,35,39,40)/b20-19-,33-18?. The molecule has 3 N–H and O–H groups in total. The highest BCUT2D eigenvalue weighted by Crippen LogP contribution is 2.41. The summed E-state index contributed by atoms with van der Waals surface area (Å²) in [5, 5.41) is 15.6. The van der Waals surface area contributed by atoms with Crippen LogP contribution in [0.5, 0.6) is 0 Å². The van der Waals surface area contributed by atoms with E-state index in [2.05, 4.69) is 15.5 Å². The van der Waals surface area contributed by atoms with E-state index in [1.54, 1.807) is 6.07 Å². The van der Waals surface area contributed by atoms with E-state index < -0.39 is 11.9 Å². The molecule has 1 unspecified atom stereocenters. The molecule has 10 nitrogen and oxygen atoms in total. The number of rotatable bonds is 8. The largest absolute Gasteiger partial charge is 0.388 e. The van der Waals surface area contributed by atoms with Crippen LogP contribution < -0.4 is 15.5 Å². The predicted octanol–water partition coefficient (Wildman–Crippen LogP) is 2.75. The minimum absolute atomic E-state index is 0.199. The highest BCUT2D eigenvalue weighted by atomic mass is 16.2. The van der Waals surface area contributed by atoms with Crippen molar-refractivity contribution in [3.05, 3.63) is 53.2 Å². The summed E-state index contributed by atoms with van der Waals surface area (Å²) in [5.74, 6) is -0.730. The summed E-state index contributed by atoms with van der Waals surface area (Å²) >= 11 is 0. The van der Waals surface area contributed by atoms with Crippen molar-refractivity contribution in [3.8, 4) is 0 Å². The molecule has 2 aromatic rings. The molecule has 1 atom stereocenters. The highest BCUT2D eigenvalue weighted by molar-refractivity contribution is 6.27. The Hall–Kier alpha value is -4.05. The molecule has 6 rings (SSSR count). The van der Waals surface area contributed by atoms with Gasteiger partial charge >= 0.3 is 0 Å². The molecule has 0 bridgehead atoms. The fourth-order valence-corrected chi connectivity index (χ4v) is 6.95. The second kappa shape index (κ2) is 11.0. The van der Waals surface area contributed by atoms with Gasteiger partial charge in [-0.05, 0) is 81.3 Å². The molecule has 1 aliphatic carbocycles. The van der Waals surface area contributed by atoms with Gasteiger partial charge in [-0.25, -0.2) is 0 Å². The number of benzene rings is 2. The van der Waals surface area contributed by atoms with Gasteiger partial charge in [-0.1, -0.05) is 18.2 Å². The van der Waals surface area contributed by atoms with Gasteiger partial charge in [0.15, 0.2) is 0 Å². The molecule has 4 aliphatic rings. The van der Waals surface area contributed by atoms with Gasteiger partial charge in [0.25, 0.3) is 5.91 Å². The van der Waals surface area contributed by atoms with Gasteiger partial charge in [0, 0.05) is 55.3 Å². The summed E-state index contributed by atoms with van der Waals surface area (Å²) in [6.07, 6.45) is 8.95. The number of imide groups is 1. The molecule has 10 heteroatoms. The van der Waals surface area contributed by atoms with Crippen molar-refractivity contribution in [2.75, 3.05) is 32.1 Å². The third-order valence-corrected chi connectivity index (χ3v) is 9.64. The van der Waals surface area contributed by atoms with Gasteiger partial charge in [0.2, 0.25) is 17.7 Å². The number of nitrogens with one attached hydrogen (secondary N) is 3.